The number of nitrogens with zero attached hydrogens (tertiary/aromatic N) is 1. The van der Waals surface area contributed by atoms with Crippen molar-refractivity contribution in [2.24, 2.45) is 0 Å². The summed E-state index contributed by atoms with van der Waals surface area (Å²) in [6, 6.07) is 21.4. The summed E-state index contributed by atoms with van der Waals surface area (Å²) >= 11 is 0. The van der Waals surface area contributed by atoms with E-state index in [0.29, 0.717) is 6.54 Å². The van der Waals surface area contributed by atoms with E-state index in [-0.39, 0.29) is 24.5 Å². The summed E-state index contributed by atoms with van der Waals surface area (Å²) in [6.07, 6.45) is 3.88. The van der Waals surface area contributed by atoms with Crippen LogP contribution in [0.3, 0.4) is 0 Å². The maximum atomic E-state index is 13.0. The molecule has 0 saturated heterocycles. The Morgan fingerprint density at radius 2 is 1.68 bits per heavy atom. The summed E-state index contributed by atoms with van der Waals surface area (Å²) in [6.45, 7) is 0.607. The van der Waals surface area contributed by atoms with Crippen LogP contribution in [0.2, 0.25) is 0 Å². The normalized spacial score (nSPS) is 14.3. The van der Waals surface area contributed by atoms with Crippen LogP contribution < -0.4 is 0 Å². The molecule has 0 unspecified atom stereocenters. The van der Waals surface area contributed by atoms with Crippen LogP contribution in [-0.4, -0.2) is 22.1 Å². The summed E-state index contributed by atoms with van der Waals surface area (Å²) in [5.74, 6) is 0.220. The van der Waals surface area contributed by atoms with E-state index in [4.69, 9.17) is 4.74 Å². The fourth-order valence-electron chi connectivity index (χ4n) is 4.02. The number of carbonyl (C=O) groups excluding carboxylic acids is 1. The van der Waals surface area contributed by atoms with E-state index in [9.17, 15) is 9.90 Å². The van der Waals surface area contributed by atoms with Gasteiger partial charge in [-0.05, 0) is 35.2 Å². The number of phenols is 1. The molecule has 3 aromatic carbocycles. The van der Waals surface area contributed by atoms with E-state index in [2.05, 4.69) is 0 Å². The van der Waals surface area contributed by atoms with Crippen LogP contribution in [0.5, 0.6) is 5.75 Å². The fraction of sp³-hybridized carbons (Fsp3) is 0.292. The number of fused-ring (bicyclic) bond motifs is 1. The number of benzene rings is 3. The number of phenolic OH excluding ortho intramolecular Hbond substituents is 1. The lowest BCUT2D eigenvalue weighted by Crippen LogP contribution is -2.38. The Balaban J connectivity index is 1.58. The van der Waals surface area contributed by atoms with Crippen LogP contribution in [0.1, 0.15) is 36.8 Å². The minimum absolute atomic E-state index is 0.154. The summed E-state index contributed by atoms with van der Waals surface area (Å²) in [7, 11) is 0. The van der Waals surface area contributed by atoms with E-state index >= 15 is 0 Å². The highest BCUT2D eigenvalue weighted by Crippen LogP contribution is 2.32. The maximum absolute atomic E-state index is 13.0. The van der Waals surface area contributed by atoms with Gasteiger partial charge >= 0.3 is 6.09 Å². The van der Waals surface area contributed by atoms with Gasteiger partial charge in [0.25, 0.3) is 0 Å². The second kappa shape index (κ2) is 8.34. The standard InChI is InChI=1S/C24H25NO3/c26-23-15-14-19-10-4-7-13-21(19)22(23)16-25(20-11-5-6-12-20)24(27)28-17-18-8-2-1-3-9-18/h1-4,7-10,13-15,20,26H,5-6,11-12,16-17H2. The molecule has 4 heteroatoms. The van der Waals surface area contributed by atoms with Gasteiger partial charge in [-0.3, -0.25) is 0 Å². The minimum Gasteiger partial charge on any atom is -0.508 e. The van der Waals surface area contributed by atoms with Crippen molar-refractivity contribution < 1.29 is 14.6 Å². The average Bonchev–Trinajstić information content (AvgIpc) is 3.26. The highest BCUT2D eigenvalue weighted by molar-refractivity contribution is 5.88. The molecular formula is C24H25NO3. The molecule has 3 aromatic rings. The van der Waals surface area contributed by atoms with Crippen LogP contribution in [0, 0.1) is 0 Å². The molecule has 0 spiro atoms. The second-order valence-corrected chi connectivity index (χ2v) is 7.39. The molecule has 4 rings (SSSR count). The zero-order chi connectivity index (χ0) is 19.3. The lowest BCUT2D eigenvalue weighted by atomic mass is 10.0. The van der Waals surface area contributed by atoms with E-state index < -0.39 is 0 Å². The smallest absolute Gasteiger partial charge is 0.410 e. The van der Waals surface area contributed by atoms with E-state index in [0.717, 1.165) is 47.6 Å². The summed E-state index contributed by atoms with van der Waals surface area (Å²) < 4.78 is 5.63. The highest BCUT2D eigenvalue weighted by Gasteiger charge is 2.29. The molecule has 144 valence electrons. The van der Waals surface area contributed by atoms with Gasteiger partial charge in [0.15, 0.2) is 0 Å². The largest absolute Gasteiger partial charge is 0.508 e. The predicted octanol–water partition coefficient (Wildman–Crippen LogP) is 5.63. The number of rotatable bonds is 5. The van der Waals surface area contributed by atoms with Gasteiger partial charge in [0.05, 0.1) is 6.54 Å². The third-order valence-corrected chi connectivity index (χ3v) is 5.55. The van der Waals surface area contributed by atoms with Crippen LogP contribution in [0.15, 0.2) is 66.7 Å². The molecule has 0 atom stereocenters. The van der Waals surface area contributed by atoms with Crippen molar-refractivity contribution in [2.45, 2.75) is 44.9 Å². The molecule has 1 saturated carbocycles. The zero-order valence-corrected chi connectivity index (χ0v) is 15.9. The average molecular weight is 375 g/mol. The van der Waals surface area contributed by atoms with E-state index in [1.54, 1.807) is 11.0 Å². The Labute approximate surface area is 165 Å². The molecule has 0 heterocycles. The Hall–Kier alpha value is -3.01. The highest BCUT2D eigenvalue weighted by atomic mass is 16.6. The molecule has 1 fully saturated rings. The molecule has 1 aliphatic carbocycles. The number of carbonyl (C=O) groups is 1. The SMILES string of the molecule is O=C(OCc1ccccc1)N(Cc1c(O)ccc2ccccc12)C1CCCC1. The first kappa shape index (κ1) is 18.4. The van der Waals surface area contributed by atoms with Crippen molar-refractivity contribution in [1.82, 2.24) is 4.90 Å². The Bertz CT molecular complexity index is 948. The van der Waals surface area contributed by atoms with Crippen molar-refractivity contribution in [2.75, 3.05) is 0 Å². The Morgan fingerprint density at radius 1 is 0.964 bits per heavy atom. The van der Waals surface area contributed by atoms with Gasteiger partial charge in [0.1, 0.15) is 12.4 Å². The Kier molecular flexibility index (Phi) is 5.47. The third kappa shape index (κ3) is 3.96. The van der Waals surface area contributed by atoms with Gasteiger partial charge in [-0.15, -0.1) is 0 Å². The number of hydrogen-bond donors (Lipinski definition) is 1. The summed E-state index contributed by atoms with van der Waals surface area (Å²) in [5, 5.41) is 12.5. The van der Waals surface area contributed by atoms with Gasteiger partial charge in [-0.1, -0.05) is 73.5 Å². The van der Waals surface area contributed by atoms with Gasteiger partial charge in [-0.2, -0.15) is 0 Å². The van der Waals surface area contributed by atoms with E-state index in [1.807, 2.05) is 60.7 Å². The first-order valence-corrected chi connectivity index (χ1v) is 9.89. The molecule has 1 aliphatic rings. The van der Waals surface area contributed by atoms with Gasteiger partial charge in [-0.25, -0.2) is 4.79 Å². The molecule has 0 aliphatic heterocycles. The van der Waals surface area contributed by atoms with Crippen molar-refractivity contribution in [1.29, 1.82) is 0 Å². The molecule has 0 aromatic heterocycles. The van der Waals surface area contributed by atoms with Gasteiger partial charge in [0.2, 0.25) is 0 Å². The third-order valence-electron chi connectivity index (χ3n) is 5.55. The lowest BCUT2D eigenvalue weighted by Gasteiger charge is -2.29. The van der Waals surface area contributed by atoms with E-state index in [1.165, 1.54) is 0 Å². The maximum Gasteiger partial charge on any atom is 0.410 e. The Morgan fingerprint density at radius 3 is 2.46 bits per heavy atom. The van der Waals surface area contributed by atoms with Crippen LogP contribution in [-0.2, 0) is 17.9 Å². The second-order valence-electron chi connectivity index (χ2n) is 7.39. The molecule has 1 amide bonds. The van der Waals surface area contributed by atoms with Crippen molar-refractivity contribution >= 4 is 16.9 Å². The van der Waals surface area contributed by atoms with Crippen LogP contribution >= 0.6 is 0 Å². The van der Waals surface area contributed by atoms with Gasteiger partial charge < -0.3 is 14.7 Å². The van der Waals surface area contributed by atoms with Crippen LogP contribution in [0.25, 0.3) is 10.8 Å². The monoisotopic (exact) mass is 375 g/mol. The number of hydrogen-bond acceptors (Lipinski definition) is 3. The first-order valence-electron chi connectivity index (χ1n) is 9.89. The predicted molar refractivity (Wildman–Crippen MR) is 110 cm³/mol. The topological polar surface area (TPSA) is 49.8 Å². The molecular weight excluding hydrogens is 350 g/mol. The zero-order valence-electron chi connectivity index (χ0n) is 15.9. The minimum atomic E-state index is -0.317. The first-order chi connectivity index (χ1) is 13.7. The van der Waals surface area contributed by atoms with Crippen molar-refractivity contribution in [3.8, 4) is 5.75 Å². The lowest BCUT2D eigenvalue weighted by molar-refractivity contribution is 0.0777. The van der Waals surface area contributed by atoms with Gasteiger partial charge in [0, 0.05) is 11.6 Å². The quantitative estimate of drug-likeness (QED) is 0.629. The fourth-order valence-corrected chi connectivity index (χ4v) is 4.02. The number of aromatic hydroxyl groups is 1. The molecule has 28 heavy (non-hydrogen) atoms. The van der Waals surface area contributed by atoms with Crippen molar-refractivity contribution in [3.05, 3.63) is 77.9 Å². The van der Waals surface area contributed by atoms with Crippen molar-refractivity contribution in [3.63, 3.8) is 0 Å². The number of amides is 1. The molecule has 1 N–H and O–H groups in total. The summed E-state index contributed by atoms with van der Waals surface area (Å²) in [4.78, 5) is 14.8. The summed E-state index contributed by atoms with van der Waals surface area (Å²) in [5.41, 5.74) is 1.75. The van der Waals surface area contributed by atoms with Crippen LogP contribution in [0.4, 0.5) is 4.79 Å². The number of ether oxygens (including phenoxy) is 1. The molecule has 4 nitrogen and oxygen atoms in total. The molecule has 0 bridgehead atoms. The molecule has 0 radical (unpaired) electrons.